The molecule has 3 rings (SSSR count). The summed E-state index contributed by atoms with van der Waals surface area (Å²) in [7, 11) is 0. The van der Waals surface area contributed by atoms with E-state index in [2.05, 4.69) is 0 Å². The Balaban J connectivity index is 2.08. The molecule has 0 radical (unpaired) electrons. The van der Waals surface area contributed by atoms with Crippen LogP contribution in [-0.2, 0) is 11.3 Å². The van der Waals surface area contributed by atoms with Crippen molar-refractivity contribution in [1.29, 1.82) is 0 Å². The molecule has 23 heavy (non-hydrogen) atoms. The van der Waals surface area contributed by atoms with Crippen molar-refractivity contribution in [1.82, 2.24) is 4.57 Å². The number of nitrogens with zero attached hydrogens (tertiary/aromatic N) is 1. The van der Waals surface area contributed by atoms with E-state index in [0.29, 0.717) is 28.0 Å². The van der Waals surface area contributed by atoms with Crippen molar-refractivity contribution < 1.29 is 13.9 Å². The van der Waals surface area contributed by atoms with E-state index in [1.807, 2.05) is 16.7 Å². The van der Waals surface area contributed by atoms with E-state index in [-0.39, 0.29) is 12.4 Å². The molecule has 2 aromatic carbocycles. The molecular formula is C18H15ClFNO2. The third kappa shape index (κ3) is 3.08. The average molecular weight is 332 g/mol. The summed E-state index contributed by atoms with van der Waals surface area (Å²) in [5.41, 5.74) is 1.91. The quantitative estimate of drug-likeness (QED) is 0.651. The lowest BCUT2D eigenvalue weighted by Gasteiger charge is -2.10. The zero-order chi connectivity index (χ0) is 16.4. The summed E-state index contributed by atoms with van der Waals surface area (Å²) < 4.78 is 21.0. The first kappa shape index (κ1) is 15.6. The molecule has 0 N–H and O–H groups in total. The molecule has 0 amide bonds. The van der Waals surface area contributed by atoms with Gasteiger partial charge in [0.1, 0.15) is 5.82 Å². The third-order valence-electron chi connectivity index (χ3n) is 3.63. The first-order chi connectivity index (χ1) is 11.1. The topological polar surface area (TPSA) is 31.2 Å². The van der Waals surface area contributed by atoms with Crippen LogP contribution in [0.3, 0.4) is 0 Å². The minimum absolute atomic E-state index is 0.273. The van der Waals surface area contributed by atoms with E-state index in [0.717, 1.165) is 5.56 Å². The number of carbonyl (C=O) groups is 1. The minimum atomic E-state index is -0.450. The summed E-state index contributed by atoms with van der Waals surface area (Å²) >= 11 is 5.89. The molecule has 0 spiro atoms. The van der Waals surface area contributed by atoms with Gasteiger partial charge in [-0.25, -0.2) is 9.18 Å². The van der Waals surface area contributed by atoms with E-state index >= 15 is 0 Å². The predicted octanol–water partition coefficient (Wildman–Crippen LogP) is 4.66. The van der Waals surface area contributed by atoms with Gasteiger partial charge in [0.2, 0.25) is 0 Å². The molecule has 3 nitrogen and oxygen atoms in total. The zero-order valence-corrected chi connectivity index (χ0v) is 13.3. The lowest BCUT2D eigenvalue weighted by atomic mass is 10.1. The van der Waals surface area contributed by atoms with Crippen molar-refractivity contribution >= 4 is 28.5 Å². The number of rotatable bonds is 4. The molecule has 0 saturated carbocycles. The second-order valence-electron chi connectivity index (χ2n) is 5.15. The highest BCUT2D eigenvalue weighted by Crippen LogP contribution is 2.25. The monoisotopic (exact) mass is 331 g/mol. The molecule has 0 bridgehead atoms. The maximum absolute atomic E-state index is 14.0. The Bertz CT molecular complexity index is 855. The van der Waals surface area contributed by atoms with Gasteiger partial charge in [0.05, 0.1) is 17.7 Å². The van der Waals surface area contributed by atoms with Gasteiger partial charge in [-0.05, 0) is 42.8 Å². The van der Waals surface area contributed by atoms with Crippen LogP contribution in [0.15, 0.2) is 48.7 Å². The maximum atomic E-state index is 14.0. The van der Waals surface area contributed by atoms with E-state index in [1.165, 1.54) is 12.1 Å². The van der Waals surface area contributed by atoms with Crippen LogP contribution in [0, 0.1) is 5.82 Å². The fourth-order valence-corrected chi connectivity index (χ4v) is 2.71. The Hall–Kier alpha value is -2.33. The van der Waals surface area contributed by atoms with Crippen LogP contribution in [0.2, 0.25) is 5.02 Å². The Kier molecular flexibility index (Phi) is 4.35. The Morgan fingerprint density at radius 1 is 1.17 bits per heavy atom. The van der Waals surface area contributed by atoms with Crippen molar-refractivity contribution in [2.24, 2.45) is 0 Å². The molecule has 0 aliphatic carbocycles. The molecule has 1 aromatic heterocycles. The minimum Gasteiger partial charge on any atom is -0.462 e. The van der Waals surface area contributed by atoms with Gasteiger partial charge in [-0.1, -0.05) is 23.7 Å². The largest absolute Gasteiger partial charge is 0.462 e. The van der Waals surface area contributed by atoms with E-state index < -0.39 is 5.97 Å². The lowest BCUT2D eigenvalue weighted by molar-refractivity contribution is 0.0528. The lowest BCUT2D eigenvalue weighted by Crippen LogP contribution is -2.08. The number of hydrogen-bond acceptors (Lipinski definition) is 2. The van der Waals surface area contributed by atoms with Crippen molar-refractivity contribution in [3.8, 4) is 0 Å². The van der Waals surface area contributed by atoms with Crippen molar-refractivity contribution in [3.05, 3.63) is 70.6 Å². The SMILES string of the molecule is CCOC(=O)c1ccc(F)c2ccn(Cc3ccc(Cl)cc3)c12. The second-order valence-corrected chi connectivity index (χ2v) is 5.58. The summed E-state index contributed by atoms with van der Waals surface area (Å²) in [6, 6.07) is 11.8. The number of benzene rings is 2. The van der Waals surface area contributed by atoms with Crippen LogP contribution in [-0.4, -0.2) is 17.1 Å². The standard InChI is InChI=1S/C18H15ClFNO2/c1-2-23-18(22)15-7-8-16(20)14-9-10-21(17(14)15)11-12-3-5-13(19)6-4-12/h3-10H,2,11H2,1H3. The Morgan fingerprint density at radius 3 is 2.61 bits per heavy atom. The summed E-state index contributed by atoms with van der Waals surface area (Å²) in [5, 5.41) is 1.06. The van der Waals surface area contributed by atoms with E-state index in [4.69, 9.17) is 16.3 Å². The summed E-state index contributed by atoms with van der Waals surface area (Å²) in [6.07, 6.45) is 1.77. The Labute approximate surface area is 138 Å². The molecule has 0 aliphatic rings. The molecule has 3 aromatic rings. The van der Waals surface area contributed by atoms with Crippen molar-refractivity contribution in [2.45, 2.75) is 13.5 Å². The normalized spacial score (nSPS) is 10.9. The Morgan fingerprint density at radius 2 is 1.91 bits per heavy atom. The first-order valence-electron chi connectivity index (χ1n) is 7.29. The van der Waals surface area contributed by atoms with Gasteiger partial charge in [0.15, 0.2) is 0 Å². The highest BCUT2D eigenvalue weighted by molar-refractivity contribution is 6.30. The third-order valence-corrected chi connectivity index (χ3v) is 3.89. The van der Waals surface area contributed by atoms with Gasteiger partial charge in [-0.15, -0.1) is 0 Å². The number of esters is 1. The number of fused-ring (bicyclic) bond motifs is 1. The number of ether oxygens (including phenoxy) is 1. The fraction of sp³-hybridized carbons (Fsp3) is 0.167. The first-order valence-corrected chi connectivity index (χ1v) is 7.67. The van der Waals surface area contributed by atoms with Gasteiger partial charge < -0.3 is 9.30 Å². The van der Waals surface area contributed by atoms with Gasteiger partial charge >= 0.3 is 5.97 Å². The second kappa shape index (κ2) is 6.42. The van der Waals surface area contributed by atoms with Crippen LogP contribution < -0.4 is 0 Å². The van der Waals surface area contributed by atoms with E-state index in [9.17, 15) is 9.18 Å². The molecule has 0 saturated heterocycles. The smallest absolute Gasteiger partial charge is 0.340 e. The predicted molar refractivity (Wildman–Crippen MR) is 88.4 cm³/mol. The maximum Gasteiger partial charge on any atom is 0.340 e. The summed E-state index contributed by atoms with van der Waals surface area (Å²) in [6.45, 7) is 2.53. The number of hydrogen-bond donors (Lipinski definition) is 0. The van der Waals surface area contributed by atoms with Crippen molar-refractivity contribution in [3.63, 3.8) is 0 Å². The van der Waals surface area contributed by atoms with Crippen LogP contribution in [0.1, 0.15) is 22.8 Å². The molecule has 0 aliphatic heterocycles. The van der Waals surface area contributed by atoms with Gasteiger partial charge in [0.25, 0.3) is 0 Å². The molecule has 0 atom stereocenters. The zero-order valence-electron chi connectivity index (χ0n) is 12.6. The summed E-state index contributed by atoms with van der Waals surface area (Å²) in [4.78, 5) is 12.1. The molecule has 5 heteroatoms. The van der Waals surface area contributed by atoms with Crippen LogP contribution in [0.4, 0.5) is 4.39 Å². The highest BCUT2D eigenvalue weighted by Gasteiger charge is 2.17. The molecule has 1 heterocycles. The number of carbonyl (C=O) groups excluding carboxylic acids is 1. The average Bonchev–Trinajstić information content (AvgIpc) is 2.95. The van der Waals surface area contributed by atoms with E-state index in [1.54, 1.807) is 31.3 Å². The van der Waals surface area contributed by atoms with Crippen LogP contribution >= 0.6 is 11.6 Å². The molecular weight excluding hydrogens is 317 g/mol. The molecule has 0 fully saturated rings. The van der Waals surface area contributed by atoms with Gasteiger partial charge in [-0.3, -0.25) is 0 Å². The summed E-state index contributed by atoms with van der Waals surface area (Å²) in [5.74, 6) is -0.809. The van der Waals surface area contributed by atoms with Crippen LogP contribution in [0.25, 0.3) is 10.9 Å². The van der Waals surface area contributed by atoms with Crippen LogP contribution in [0.5, 0.6) is 0 Å². The van der Waals surface area contributed by atoms with Gasteiger partial charge in [0, 0.05) is 23.2 Å². The molecule has 0 unspecified atom stereocenters. The number of halogens is 2. The molecule has 118 valence electrons. The fourth-order valence-electron chi connectivity index (χ4n) is 2.58. The highest BCUT2D eigenvalue weighted by atomic mass is 35.5. The van der Waals surface area contributed by atoms with Gasteiger partial charge in [-0.2, -0.15) is 0 Å². The number of aromatic nitrogens is 1. The van der Waals surface area contributed by atoms with Crippen molar-refractivity contribution in [2.75, 3.05) is 6.61 Å².